The van der Waals surface area contributed by atoms with Gasteiger partial charge in [0.2, 0.25) is 0 Å². The van der Waals surface area contributed by atoms with Crippen LogP contribution in [0.2, 0.25) is 0 Å². The van der Waals surface area contributed by atoms with Crippen molar-refractivity contribution in [2.45, 2.75) is 6.17 Å². The fourth-order valence-electron chi connectivity index (χ4n) is 2.67. The van der Waals surface area contributed by atoms with Gasteiger partial charge in [-0.2, -0.15) is 0 Å². The van der Waals surface area contributed by atoms with Gasteiger partial charge >= 0.3 is 0 Å². The van der Waals surface area contributed by atoms with Gasteiger partial charge in [0.1, 0.15) is 6.17 Å². The maximum atomic E-state index is 12.2. The van der Waals surface area contributed by atoms with Gasteiger partial charge in [0.15, 0.2) is 0 Å². The number of nitrogens with one attached hydrogen (secondary N) is 1. The average molecular weight is 281 g/mol. The van der Waals surface area contributed by atoms with Gasteiger partial charge in [0.05, 0.1) is 11.3 Å². The highest BCUT2D eigenvalue weighted by atomic mass is 16.2. The van der Waals surface area contributed by atoms with Gasteiger partial charge in [-0.25, -0.2) is 0 Å². The maximum Gasteiger partial charge on any atom is 0.255 e. The van der Waals surface area contributed by atoms with E-state index in [0.717, 1.165) is 22.5 Å². The molecule has 0 fully saturated rings. The number of fused-ring (bicyclic) bond motifs is 1. The minimum Gasteiger partial charge on any atom is -0.378 e. The average Bonchev–Trinajstić information content (AvgIpc) is 2.51. The summed E-state index contributed by atoms with van der Waals surface area (Å²) in [6.07, 6.45) is -0.136. The molecule has 1 atom stereocenters. The van der Waals surface area contributed by atoms with Crippen molar-refractivity contribution in [3.63, 3.8) is 0 Å². The summed E-state index contributed by atoms with van der Waals surface area (Å²) in [5.74, 6) is -0.0228. The third-order valence-corrected chi connectivity index (χ3v) is 3.91. The molecule has 108 valence electrons. The Bertz CT molecular complexity index is 664. The molecular weight excluding hydrogens is 262 g/mol. The normalized spacial score (nSPS) is 17.2. The molecule has 0 radical (unpaired) electrons. The summed E-state index contributed by atoms with van der Waals surface area (Å²) >= 11 is 0. The van der Waals surface area contributed by atoms with Crippen LogP contribution in [0.1, 0.15) is 22.1 Å². The van der Waals surface area contributed by atoms with Gasteiger partial charge in [-0.1, -0.05) is 24.3 Å². The zero-order chi connectivity index (χ0) is 15.0. The number of benzene rings is 2. The fourth-order valence-corrected chi connectivity index (χ4v) is 2.67. The second-order valence-corrected chi connectivity index (χ2v) is 5.49. The first-order valence-electron chi connectivity index (χ1n) is 6.98. The van der Waals surface area contributed by atoms with Crippen LogP contribution in [0.15, 0.2) is 48.5 Å². The summed E-state index contributed by atoms with van der Waals surface area (Å²) in [6, 6.07) is 15.9. The van der Waals surface area contributed by atoms with Crippen molar-refractivity contribution in [2.24, 2.45) is 0 Å². The second kappa shape index (κ2) is 5.13. The molecule has 0 aliphatic carbocycles. The number of hydrogen-bond acceptors (Lipinski definition) is 3. The summed E-state index contributed by atoms with van der Waals surface area (Å²) in [6.45, 7) is 0. The molecule has 4 nitrogen and oxygen atoms in total. The van der Waals surface area contributed by atoms with E-state index in [1.807, 2.05) is 45.4 Å². The SMILES string of the molecule is CN(C)c1ccc(C2NC(=O)c3ccccc3N2C)cc1. The van der Waals surface area contributed by atoms with E-state index in [4.69, 9.17) is 0 Å². The Hall–Kier alpha value is -2.49. The Morgan fingerprint density at radius 1 is 1.05 bits per heavy atom. The lowest BCUT2D eigenvalue weighted by atomic mass is 10.0. The van der Waals surface area contributed by atoms with E-state index in [1.165, 1.54) is 0 Å². The Labute approximate surface area is 125 Å². The first-order chi connectivity index (χ1) is 10.1. The van der Waals surface area contributed by atoms with E-state index >= 15 is 0 Å². The van der Waals surface area contributed by atoms with Crippen LogP contribution in [0.5, 0.6) is 0 Å². The molecule has 0 saturated carbocycles. The van der Waals surface area contributed by atoms with Crippen molar-refractivity contribution in [2.75, 3.05) is 30.9 Å². The topological polar surface area (TPSA) is 35.6 Å². The first-order valence-corrected chi connectivity index (χ1v) is 6.98. The molecule has 0 aromatic heterocycles. The van der Waals surface area contributed by atoms with Gasteiger partial charge < -0.3 is 15.1 Å². The van der Waals surface area contributed by atoms with Gasteiger partial charge in [0.25, 0.3) is 5.91 Å². The van der Waals surface area contributed by atoms with Crippen LogP contribution >= 0.6 is 0 Å². The lowest BCUT2D eigenvalue weighted by Crippen LogP contribution is -2.44. The molecule has 3 rings (SSSR count). The molecule has 0 saturated heterocycles. The largest absolute Gasteiger partial charge is 0.378 e. The van der Waals surface area contributed by atoms with Gasteiger partial charge in [-0.15, -0.1) is 0 Å². The maximum absolute atomic E-state index is 12.2. The van der Waals surface area contributed by atoms with Crippen molar-refractivity contribution in [3.8, 4) is 0 Å². The fraction of sp³-hybridized carbons (Fsp3) is 0.235. The van der Waals surface area contributed by atoms with Crippen molar-refractivity contribution in [3.05, 3.63) is 59.7 Å². The van der Waals surface area contributed by atoms with E-state index in [-0.39, 0.29) is 12.1 Å². The number of amides is 1. The molecule has 0 spiro atoms. The first kappa shape index (κ1) is 13.5. The molecule has 0 bridgehead atoms. The van der Waals surface area contributed by atoms with Crippen molar-refractivity contribution < 1.29 is 4.79 Å². The Kier molecular flexibility index (Phi) is 3.29. The molecule has 2 aromatic carbocycles. The van der Waals surface area contributed by atoms with E-state index in [9.17, 15) is 4.79 Å². The summed E-state index contributed by atoms with van der Waals surface area (Å²) < 4.78 is 0. The summed E-state index contributed by atoms with van der Waals surface area (Å²) in [5.41, 5.74) is 3.90. The number of hydrogen-bond donors (Lipinski definition) is 1. The van der Waals surface area contributed by atoms with Crippen molar-refractivity contribution >= 4 is 17.3 Å². The monoisotopic (exact) mass is 281 g/mol. The highest BCUT2D eigenvalue weighted by molar-refractivity contribution is 6.01. The number of para-hydroxylation sites is 1. The quantitative estimate of drug-likeness (QED) is 0.919. The van der Waals surface area contributed by atoms with Crippen molar-refractivity contribution in [1.82, 2.24) is 5.32 Å². The molecular formula is C17H19N3O. The van der Waals surface area contributed by atoms with E-state index in [1.54, 1.807) is 0 Å². The zero-order valence-electron chi connectivity index (χ0n) is 12.5. The van der Waals surface area contributed by atoms with Gasteiger partial charge in [-0.05, 0) is 29.8 Å². The minimum atomic E-state index is -0.136. The Morgan fingerprint density at radius 3 is 2.38 bits per heavy atom. The predicted molar refractivity (Wildman–Crippen MR) is 85.8 cm³/mol. The van der Waals surface area contributed by atoms with Crippen LogP contribution in [0.3, 0.4) is 0 Å². The number of anilines is 2. The number of nitrogens with zero attached hydrogens (tertiary/aromatic N) is 2. The summed E-state index contributed by atoms with van der Waals surface area (Å²) in [7, 11) is 6.03. The molecule has 21 heavy (non-hydrogen) atoms. The predicted octanol–water partition coefficient (Wildman–Crippen LogP) is 2.63. The van der Waals surface area contributed by atoms with Crippen LogP contribution in [-0.4, -0.2) is 27.1 Å². The standard InChI is InChI=1S/C17H19N3O/c1-19(2)13-10-8-12(9-11-13)16-18-17(21)14-6-4-5-7-15(14)20(16)3/h4-11,16H,1-3H3,(H,18,21). The molecule has 1 heterocycles. The van der Waals surface area contributed by atoms with E-state index in [2.05, 4.69) is 39.4 Å². The third-order valence-electron chi connectivity index (χ3n) is 3.91. The Morgan fingerprint density at radius 2 is 1.71 bits per heavy atom. The van der Waals surface area contributed by atoms with Crippen LogP contribution in [-0.2, 0) is 0 Å². The minimum absolute atomic E-state index is 0.0228. The van der Waals surface area contributed by atoms with Crippen LogP contribution < -0.4 is 15.1 Å². The highest BCUT2D eigenvalue weighted by Crippen LogP contribution is 2.31. The Balaban J connectivity index is 1.95. The molecule has 2 aromatic rings. The highest BCUT2D eigenvalue weighted by Gasteiger charge is 2.28. The zero-order valence-corrected chi connectivity index (χ0v) is 12.5. The smallest absolute Gasteiger partial charge is 0.255 e. The van der Waals surface area contributed by atoms with Crippen LogP contribution in [0.25, 0.3) is 0 Å². The van der Waals surface area contributed by atoms with Gasteiger partial charge in [0, 0.05) is 26.8 Å². The molecule has 1 amide bonds. The van der Waals surface area contributed by atoms with E-state index < -0.39 is 0 Å². The van der Waals surface area contributed by atoms with Gasteiger partial charge in [-0.3, -0.25) is 4.79 Å². The lowest BCUT2D eigenvalue weighted by Gasteiger charge is -2.36. The van der Waals surface area contributed by atoms with Crippen LogP contribution in [0, 0.1) is 0 Å². The van der Waals surface area contributed by atoms with Crippen molar-refractivity contribution in [1.29, 1.82) is 0 Å². The van der Waals surface area contributed by atoms with Crippen LogP contribution in [0.4, 0.5) is 11.4 Å². The number of carbonyl (C=O) groups excluding carboxylic acids is 1. The lowest BCUT2D eigenvalue weighted by molar-refractivity contribution is 0.0928. The molecule has 4 heteroatoms. The third kappa shape index (κ3) is 2.33. The molecule has 1 unspecified atom stereocenters. The number of carbonyl (C=O) groups is 1. The summed E-state index contributed by atoms with van der Waals surface area (Å²) in [4.78, 5) is 16.4. The molecule has 1 aliphatic heterocycles. The molecule has 1 N–H and O–H groups in total. The molecule has 1 aliphatic rings. The van der Waals surface area contributed by atoms with E-state index in [0.29, 0.717) is 0 Å². The number of rotatable bonds is 2. The summed E-state index contributed by atoms with van der Waals surface area (Å²) in [5, 5.41) is 3.06. The second-order valence-electron chi connectivity index (χ2n) is 5.49.